The van der Waals surface area contributed by atoms with Crippen LogP contribution in [0.1, 0.15) is 31.7 Å². The number of hydrogen-bond donors (Lipinski definition) is 3. The monoisotopic (exact) mass is 261 g/mol. The number of amidine groups is 1. The van der Waals surface area contributed by atoms with Crippen LogP contribution in [-0.2, 0) is 4.79 Å². The molecule has 1 fully saturated rings. The smallest absolute Gasteiger partial charge is 0.235 e. The highest BCUT2D eigenvalue weighted by molar-refractivity contribution is 6.07. The molecule has 102 valence electrons. The highest BCUT2D eigenvalue weighted by Crippen LogP contribution is 2.44. The van der Waals surface area contributed by atoms with Crippen LogP contribution in [0.2, 0.25) is 0 Å². The lowest BCUT2D eigenvalue weighted by molar-refractivity contribution is -0.121. The highest BCUT2D eigenvalue weighted by atomic mass is 16.4. The van der Waals surface area contributed by atoms with Gasteiger partial charge in [0.2, 0.25) is 5.91 Å². The maximum atomic E-state index is 12.3. The second kappa shape index (κ2) is 4.91. The molecule has 0 bridgehead atoms. The van der Waals surface area contributed by atoms with Crippen molar-refractivity contribution in [1.29, 1.82) is 0 Å². The van der Waals surface area contributed by atoms with Crippen molar-refractivity contribution in [3.63, 3.8) is 0 Å². The van der Waals surface area contributed by atoms with Crippen molar-refractivity contribution in [3.8, 4) is 0 Å². The van der Waals surface area contributed by atoms with Gasteiger partial charge in [-0.05, 0) is 17.4 Å². The third kappa shape index (κ3) is 2.86. The molecule has 4 N–H and O–H groups in total. The molecular formula is C14H19N3O2. The Balaban J connectivity index is 2.17. The summed E-state index contributed by atoms with van der Waals surface area (Å²) in [5.74, 6) is -1.07. The number of amides is 1. The zero-order valence-corrected chi connectivity index (χ0v) is 11.1. The van der Waals surface area contributed by atoms with E-state index in [4.69, 9.17) is 10.9 Å². The van der Waals surface area contributed by atoms with Crippen molar-refractivity contribution in [3.05, 3.63) is 35.9 Å². The predicted molar refractivity (Wildman–Crippen MR) is 72.9 cm³/mol. The predicted octanol–water partition coefficient (Wildman–Crippen LogP) is 1.43. The molecule has 2 atom stereocenters. The third-order valence-corrected chi connectivity index (χ3v) is 3.64. The Labute approximate surface area is 112 Å². The summed E-state index contributed by atoms with van der Waals surface area (Å²) in [4.78, 5) is 12.3. The Bertz CT molecular complexity index is 497. The molecular weight excluding hydrogens is 242 g/mol. The molecule has 0 aliphatic heterocycles. The molecule has 5 nitrogen and oxygen atoms in total. The average Bonchev–Trinajstić information content (AvgIpc) is 2.97. The van der Waals surface area contributed by atoms with Crippen LogP contribution in [0.5, 0.6) is 0 Å². The molecule has 1 aliphatic rings. The Hall–Kier alpha value is -2.04. The molecule has 2 rings (SSSR count). The van der Waals surface area contributed by atoms with Gasteiger partial charge in [-0.2, -0.15) is 0 Å². The number of nitrogens with two attached hydrogens (primary N) is 1. The summed E-state index contributed by atoms with van der Waals surface area (Å²) >= 11 is 0. The average molecular weight is 261 g/mol. The Morgan fingerprint density at radius 2 is 2.05 bits per heavy atom. The van der Waals surface area contributed by atoms with Crippen LogP contribution in [0.3, 0.4) is 0 Å². The lowest BCUT2D eigenvalue weighted by Gasteiger charge is -2.16. The SMILES string of the molecule is CC1(C)CC1NC(=O)C(C(N)=NO)c1ccccc1. The fraction of sp³-hybridized carbons (Fsp3) is 0.429. The number of hydrogen-bond acceptors (Lipinski definition) is 3. The normalized spacial score (nSPS) is 22.6. The molecule has 0 heterocycles. The number of carbonyl (C=O) groups is 1. The van der Waals surface area contributed by atoms with Crippen LogP contribution in [0, 0.1) is 5.41 Å². The number of carbonyl (C=O) groups excluding carboxylic acids is 1. The molecule has 1 aromatic rings. The molecule has 1 aliphatic carbocycles. The molecule has 1 saturated carbocycles. The van der Waals surface area contributed by atoms with Crippen molar-refractivity contribution in [2.75, 3.05) is 0 Å². The van der Waals surface area contributed by atoms with E-state index in [0.717, 1.165) is 6.42 Å². The summed E-state index contributed by atoms with van der Waals surface area (Å²) < 4.78 is 0. The second-order valence-corrected chi connectivity index (χ2v) is 5.62. The third-order valence-electron chi connectivity index (χ3n) is 3.64. The van der Waals surface area contributed by atoms with E-state index in [1.54, 1.807) is 12.1 Å². The zero-order chi connectivity index (χ0) is 14.0. The van der Waals surface area contributed by atoms with Gasteiger partial charge in [-0.15, -0.1) is 0 Å². The lowest BCUT2D eigenvalue weighted by Crippen LogP contribution is -2.39. The van der Waals surface area contributed by atoms with Crippen LogP contribution >= 0.6 is 0 Å². The van der Waals surface area contributed by atoms with E-state index in [-0.39, 0.29) is 23.2 Å². The number of nitrogens with one attached hydrogen (secondary N) is 1. The van der Waals surface area contributed by atoms with Crippen LogP contribution in [0.4, 0.5) is 0 Å². The maximum absolute atomic E-state index is 12.3. The van der Waals surface area contributed by atoms with E-state index in [0.29, 0.717) is 5.56 Å². The standard InChI is InChI=1S/C14H19N3O2/c1-14(2)8-10(14)16-13(18)11(12(15)17-19)9-6-4-3-5-7-9/h3-7,10-11,19H,8H2,1-2H3,(H2,15,17)(H,16,18). The van der Waals surface area contributed by atoms with E-state index in [2.05, 4.69) is 24.3 Å². The minimum absolute atomic E-state index is 0.0952. The zero-order valence-electron chi connectivity index (χ0n) is 11.1. The van der Waals surface area contributed by atoms with Gasteiger partial charge in [0.25, 0.3) is 0 Å². The first-order chi connectivity index (χ1) is 8.95. The molecule has 2 unspecified atom stereocenters. The minimum Gasteiger partial charge on any atom is -0.409 e. The van der Waals surface area contributed by atoms with E-state index in [1.165, 1.54) is 0 Å². The fourth-order valence-corrected chi connectivity index (χ4v) is 2.13. The van der Waals surface area contributed by atoms with Gasteiger partial charge >= 0.3 is 0 Å². The summed E-state index contributed by atoms with van der Waals surface area (Å²) in [6.45, 7) is 4.19. The number of oxime groups is 1. The summed E-state index contributed by atoms with van der Waals surface area (Å²) in [6, 6.07) is 9.25. The van der Waals surface area contributed by atoms with Gasteiger partial charge < -0.3 is 16.3 Å². The number of nitrogens with zero attached hydrogens (tertiary/aromatic N) is 1. The Morgan fingerprint density at radius 3 is 2.53 bits per heavy atom. The van der Waals surface area contributed by atoms with Crippen molar-refractivity contribution >= 4 is 11.7 Å². The van der Waals surface area contributed by atoms with E-state index >= 15 is 0 Å². The summed E-state index contributed by atoms with van der Waals surface area (Å²) in [5, 5.41) is 14.8. The molecule has 0 radical (unpaired) electrons. The summed E-state index contributed by atoms with van der Waals surface area (Å²) in [6.07, 6.45) is 0.955. The lowest BCUT2D eigenvalue weighted by atomic mass is 9.97. The van der Waals surface area contributed by atoms with Crippen LogP contribution in [-0.4, -0.2) is 23.0 Å². The van der Waals surface area contributed by atoms with Gasteiger partial charge in [-0.25, -0.2) is 0 Å². The molecule has 0 spiro atoms. The van der Waals surface area contributed by atoms with Gasteiger partial charge in [-0.3, -0.25) is 4.79 Å². The van der Waals surface area contributed by atoms with Crippen molar-refractivity contribution in [1.82, 2.24) is 5.32 Å². The van der Waals surface area contributed by atoms with Crippen LogP contribution < -0.4 is 11.1 Å². The topological polar surface area (TPSA) is 87.7 Å². The van der Waals surface area contributed by atoms with Crippen molar-refractivity contribution < 1.29 is 10.0 Å². The van der Waals surface area contributed by atoms with Gasteiger partial charge in [-0.1, -0.05) is 49.3 Å². The van der Waals surface area contributed by atoms with E-state index < -0.39 is 5.92 Å². The molecule has 0 saturated heterocycles. The fourth-order valence-electron chi connectivity index (χ4n) is 2.13. The molecule has 19 heavy (non-hydrogen) atoms. The largest absolute Gasteiger partial charge is 0.409 e. The minimum atomic E-state index is -0.748. The first-order valence-electron chi connectivity index (χ1n) is 6.28. The summed E-state index contributed by atoms with van der Waals surface area (Å²) in [7, 11) is 0. The van der Waals surface area contributed by atoms with Crippen LogP contribution in [0.15, 0.2) is 35.5 Å². The number of benzene rings is 1. The van der Waals surface area contributed by atoms with Gasteiger partial charge in [0.15, 0.2) is 5.84 Å². The first kappa shape index (κ1) is 13.4. The van der Waals surface area contributed by atoms with Gasteiger partial charge in [0.05, 0.1) is 0 Å². The van der Waals surface area contributed by atoms with E-state index in [1.807, 2.05) is 18.2 Å². The van der Waals surface area contributed by atoms with Crippen molar-refractivity contribution in [2.45, 2.75) is 32.2 Å². The number of rotatable bonds is 4. The molecule has 5 heteroatoms. The first-order valence-corrected chi connectivity index (χ1v) is 6.28. The molecule has 0 aromatic heterocycles. The quantitative estimate of drug-likeness (QED) is 0.331. The van der Waals surface area contributed by atoms with Crippen molar-refractivity contribution in [2.24, 2.45) is 16.3 Å². The molecule has 1 aromatic carbocycles. The maximum Gasteiger partial charge on any atom is 0.235 e. The molecule has 1 amide bonds. The highest BCUT2D eigenvalue weighted by Gasteiger charge is 2.47. The Morgan fingerprint density at radius 1 is 1.47 bits per heavy atom. The summed E-state index contributed by atoms with van der Waals surface area (Å²) in [5.41, 5.74) is 6.51. The second-order valence-electron chi connectivity index (χ2n) is 5.62. The van der Waals surface area contributed by atoms with Gasteiger partial charge in [0, 0.05) is 6.04 Å². The van der Waals surface area contributed by atoms with E-state index in [9.17, 15) is 4.79 Å². The van der Waals surface area contributed by atoms with Crippen LogP contribution in [0.25, 0.3) is 0 Å². The van der Waals surface area contributed by atoms with Gasteiger partial charge in [0.1, 0.15) is 5.92 Å². The Kier molecular flexibility index (Phi) is 3.46.